The van der Waals surface area contributed by atoms with Crippen LogP contribution in [0.4, 0.5) is 5.69 Å². The third-order valence-corrected chi connectivity index (χ3v) is 3.21. The van der Waals surface area contributed by atoms with Gasteiger partial charge >= 0.3 is 0 Å². The van der Waals surface area contributed by atoms with Crippen LogP contribution >= 0.6 is 0 Å². The minimum Gasteiger partial charge on any atom is -0.385 e. The highest BCUT2D eigenvalue weighted by atomic mass is 16.1. The summed E-state index contributed by atoms with van der Waals surface area (Å²) in [6.45, 7) is 7.04. The van der Waals surface area contributed by atoms with Gasteiger partial charge < -0.3 is 10.6 Å². The first-order chi connectivity index (χ1) is 10.0. The zero-order valence-corrected chi connectivity index (χ0v) is 12.9. The summed E-state index contributed by atoms with van der Waals surface area (Å²) in [5.41, 5.74) is 4.18. The molecule has 0 saturated heterocycles. The Kier molecular flexibility index (Phi) is 4.57. The molecule has 2 aromatic heterocycles. The highest BCUT2D eigenvalue weighted by molar-refractivity contribution is 5.99. The van der Waals surface area contributed by atoms with Crippen LogP contribution < -0.4 is 10.6 Å². The molecule has 0 saturated carbocycles. The van der Waals surface area contributed by atoms with Crippen molar-refractivity contribution in [2.75, 3.05) is 11.9 Å². The Labute approximate surface area is 124 Å². The smallest absolute Gasteiger partial charge is 0.255 e. The first-order valence-corrected chi connectivity index (χ1v) is 6.99. The molecular formula is C15H21N5O. The molecule has 0 unspecified atom stereocenters. The molecule has 2 aromatic rings. The van der Waals surface area contributed by atoms with Crippen LogP contribution in [0.3, 0.4) is 0 Å². The second-order valence-corrected chi connectivity index (χ2v) is 5.00. The number of nitrogens with zero attached hydrogens (tertiary/aromatic N) is 3. The molecule has 112 valence electrons. The van der Waals surface area contributed by atoms with E-state index < -0.39 is 0 Å². The van der Waals surface area contributed by atoms with Crippen molar-refractivity contribution in [1.82, 2.24) is 20.1 Å². The molecule has 0 atom stereocenters. The highest BCUT2D eigenvalue weighted by Gasteiger charge is 2.13. The SMILES string of the molecule is CCNc1cc(C)ncc1C(=O)NCc1cn(C)nc1C. The van der Waals surface area contributed by atoms with E-state index in [1.165, 1.54) is 0 Å². The fraction of sp³-hybridized carbons (Fsp3) is 0.400. The second kappa shape index (κ2) is 6.39. The number of hydrogen-bond donors (Lipinski definition) is 2. The number of amides is 1. The van der Waals surface area contributed by atoms with E-state index in [1.807, 2.05) is 40.1 Å². The van der Waals surface area contributed by atoms with Crippen molar-refractivity contribution in [3.8, 4) is 0 Å². The molecule has 2 N–H and O–H groups in total. The summed E-state index contributed by atoms with van der Waals surface area (Å²) in [5, 5.41) is 10.4. The first-order valence-electron chi connectivity index (χ1n) is 6.99. The maximum absolute atomic E-state index is 12.3. The average molecular weight is 287 g/mol. The molecule has 2 heterocycles. The zero-order valence-electron chi connectivity index (χ0n) is 12.9. The van der Waals surface area contributed by atoms with Gasteiger partial charge in [0.15, 0.2) is 0 Å². The minimum absolute atomic E-state index is 0.137. The third-order valence-electron chi connectivity index (χ3n) is 3.21. The fourth-order valence-electron chi connectivity index (χ4n) is 2.17. The Morgan fingerprint density at radius 3 is 2.76 bits per heavy atom. The molecule has 0 radical (unpaired) electrons. The number of rotatable bonds is 5. The number of carbonyl (C=O) groups is 1. The van der Waals surface area contributed by atoms with Gasteiger partial charge in [-0.1, -0.05) is 0 Å². The maximum atomic E-state index is 12.3. The van der Waals surface area contributed by atoms with Gasteiger partial charge in [-0.25, -0.2) is 0 Å². The van der Waals surface area contributed by atoms with Gasteiger partial charge in [-0.2, -0.15) is 5.10 Å². The van der Waals surface area contributed by atoms with Crippen molar-refractivity contribution in [3.63, 3.8) is 0 Å². The molecule has 2 rings (SSSR count). The van der Waals surface area contributed by atoms with E-state index in [-0.39, 0.29) is 5.91 Å². The third kappa shape index (κ3) is 3.59. The van der Waals surface area contributed by atoms with Crippen LogP contribution in [0, 0.1) is 13.8 Å². The van der Waals surface area contributed by atoms with E-state index >= 15 is 0 Å². The molecule has 6 nitrogen and oxygen atoms in total. The van der Waals surface area contributed by atoms with Crippen molar-refractivity contribution in [3.05, 3.63) is 41.0 Å². The van der Waals surface area contributed by atoms with Crippen molar-refractivity contribution >= 4 is 11.6 Å². The summed E-state index contributed by atoms with van der Waals surface area (Å²) in [5.74, 6) is -0.137. The number of hydrogen-bond acceptors (Lipinski definition) is 4. The topological polar surface area (TPSA) is 71.8 Å². The van der Waals surface area contributed by atoms with Crippen molar-refractivity contribution in [2.24, 2.45) is 7.05 Å². The van der Waals surface area contributed by atoms with Gasteiger partial charge in [-0.05, 0) is 26.8 Å². The summed E-state index contributed by atoms with van der Waals surface area (Å²) in [6, 6.07) is 1.88. The van der Waals surface area contributed by atoms with Crippen LogP contribution in [0.2, 0.25) is 0 Å². The Morgan fingerprint density at radius 2 is 2.14 bits per heavy atom. The molecule has 0 aliphatic heterocycles. The monoisotopic (exact) mass is 287 g/mol. The first kappa shape index (κ1) is 15.0. The van der Waals surface area contributed by atoms with E-state index in [1.54, 1.807) is 10.9 Å². The fourth-order valence-corrected chi connectivity index (χ4v) is 2.17. The number of aromatic nitrogens is 3. The molecular weight excluding hydrogens is 266 g/mol. The van der Waals surface area contributed by atoms with Crippen LogP contribution in [0.5, 0.6) is 0 Å². The Hall–Kier alpha value is -2.37. The van der Waals surface area contributed by atoms with Gasteiger partial charge in [0.2, 0.25) is 0 Å². The lowest BCUT2D eigenvalue weighted by Gasteiger charge is -2.11. The molecule has 1 amide bonds. The normalized spacial score (nSPS) is 10.5. The summed E-state index contributed by atoms with van der Waals surface area (Å²) in [4.78, 5) is 16.5. The van der Waals surface area contributed by atoms with Crippen molar-refractivity contribution in [1.29, 1.82) is 0 Å². The lowest BCUT2D eigenvalue weighted by Crippen LogP contribution is -2.24. The van der Waals surface area contributed by atoms with Gasteiger partial charge in [0.1, 0.15) is 0 Å². The Bertz CT molecular complexity index is 648. The minimum atomic E-state index is -0.137. The second-order valence-electron chi connectivity index (χ2n) is 5.00. The van der Waals surface area contributed by atoms with Crippen LogP contribution in [0.25, 0.3) is 0 Å². The van der Waals surface area contributed by atoms with Gasteiger partial charge in [0, 0.05) is 43.8 Å². The van der Waals surface area contributed by atoms with Crippen molar-refractivity contribution < 1.29 is 4.79 Å². The predicted molar refractivity (Wildman–Crippen MR) is 82.3 cm³/mol. The van der Waals surface area contributed by atoms with Crippen LogP contribution in [-0.4, -0.2) is 27.2 Å². The van der Waals surface area contributed by atoms with E-state index in [0.29, 0.717) is 12.1 Å². The number of anilines is 1. The molecule has 0 aliphatic rings. The average Bonchev–Trinajstić information content (AvgIpc) is 2.75. The molecule has 0 fully saturated rings. The quantitative estimate of drug-likeness (QED) is 0.879. The van der Waals surface area contributed by atoms with E-state index in [9.17, 15) is 4.79 Å². The number of pyridine rings is 1. The summed E-state index contributed by atoms with van der Waals surface area (Å²) >= 11 is 0. The number of carbonyl (C=O) groups excluding carboxylic acids is 1. The van der Waals surface area contributed by atoms with Crippen LogP contribution in [0.15, 0.2) is 18.5 Å². The zero-order chi connectivity index (χ0) is 15.4. The van der Waals surface area contributed by atoms with Crippen molar-refractivity contribution in [2.45, 2.75) is 27.3 Å². The molecule has 21 heavy (non-hydrogen) atoms. The molecule has 0 bridgehead atoms. The van der Waals surface area contributed by atoms with Gasteiger partial charge in [-0.3, -0.25) is 14.5 Å². The molecule has 6 heteroatoms. The summed E-state index contributed by atoms with van der Waals surface area (Å²) in [7, 11) is 1.87. The Balaban J connectivity index is 2.11. The molecule has 0 spiro atoms. The molecule has 0 aromatic carbocycles. The summed E-state index contributed by atoms with van der Waals surface area (Å²) in [6.07, 6.45) is 3.52. The maximum Gasteiger partial charge on any atom is 0.255 e. The van der Waals surface area contributed by atoms with E-state index in [0.717, 1.165) is 29.2 Å². The van der Waals surface area contributed by atoms with E-state index in [2.05, 4.69) is 20.7 Å². The van der Waals surface area contributed by atoms with Gasteiger partial charge in [-0.15, -0.1) is 0 Å². The van der Waals surface area contributed by atoms with Gasteiger partial charge in [0.05, 0.1) is 16.9 Å². The van der Waals surface area contributed by atoms with Crippen LogP contribution in [0.1, 0.15) is 34.2 Å². The molecule has 0 aliphatic carbocycles. The number of nitrogens with one attached hydrogen (secondary N) is 2. The van der Waals surface area contributed by atoms with Crippen LogP contribution in [-0.2, 0) is 13.6 Å². The largest absolute Gasteiger partial charge is 0.385 e. The lowest BCUT2D eigenvalue weighted by molar-refractivity contribution is 0.0951. The van der Waals surface area contributed by atoms with E-state index in [4.69, 9.17) is 0 Å². The predicted octanol–water partition coefficient (Wildman–Crippen LogP) is 1.79. The highest BCUT2D eigenvalue weighted by Crippen LogP contribution is 2.15. The Morgan fingerprint density at radius 1 is 1.38 bits per heavy atom. The number of aryl methyl sites for hydroxylation is 3. The standard InChI is InChI=1S/C15H21N5O/c1-5-16-14-6-10(2)17-8-13(14)15(21)18-7-12-9-20(4)19-11(12)3/h6,8-9H,5,7H2,1-4H3,(H,16,17)(H,18,21). The van der Waals surface area contributed by atoms with Gasteiger partial charge in [0.25, 0.3) is 5.91 Å². The lowest BCUT2D eigenvalue weighted by atomic mass is 10.2. The summed E-state index contributed by atoms with van der Waals surface area (Å²) < 4.78 is 1.74.